The molecule has 8 heteroatoms. The maximum atomic E-state index is 13.5. The van der Waals surface area contributed by atoms with Gasteiger partial charge in [-0.3, -0.25) is 0 Å². The molecule has 29 heavy (non-hydrogen) atoms. The Labute approximate surface area is 177 Å². The lowest BCUT2D eigenvalue weighted by Gasteiger charge is -2.30. The topological polar surface area (TPSA) is 70.9 Å². The zero-order valence-electron chi connectivity index (χ0n) is 15.7. The largest absolute Gasteiger partial charge is 0.390 e. The van der Waals surface area contributed by atoms with Crippen molar-refractivity contribution in [1.82, 2.24) is 4.90 Å². The van der Waals surface area contributed by atoms with E-state index < -0.39 is 0 Å². The summed E-state index contributed by atoms with van der Waals surface area (Å²) in [6.45, 7) is 0.698. The second kappa shape index (κ2) is 8.28. The van der Waals surface area contributed by atoms with E-state index in [-0.39, 0.29) is 5.82 Å². The number of fused-ring (bicyclic) bond motifs is 1. The van der Waals surface area contributed by atoms with Gasteiger partial charge in [-0.15, -0.1) is 11.3 Å². The molecule has 0 saturated heterocycles. The molecule has 0 aliphatic carbocycles. The van der Waals surface area contributed by atoms with E-state index in [1.54, 1.807) is 12.1 Å². The molecular formula is C21H20FN5S2. The Morgan fingerprint density at radius 3 is 2.72 bits per heavy atom. The van der Waals surface area contributed by atoms with Crippen molar-refractivity contribution in [3.05, 3.63) is 93.8 Å². The number of thioether (sulfide) groups is 1. The van der Waals surface area contributed by atoms with Crippen LogP contribution in [0.3, 0.4) is 0 Å². The molecule has 0 spiro atoms. The van der Waals surface area contributed by atoms with E-state index in [2.05, 4.69) is 17.0 Å². The van der Waals surface area contributed by atoms with Crippen LogP contribution in [0.15, 0.2) is 86.8 Å². The molecule has 4 N–H and O–H groups in total. The summed E-state index contributed by atoms with van der Waals surface area (Å²) in [5, 5.41) is 4.76. The van der Waals surface area contributed by atoms with Crippen molar-refractivity contribution in [2.24, 2.45) is 16.6 Å². The van der Waals surface area contributed by atoms with E-state index in [4.69, 9.17) is 16.6 Å². The molecule has 4 rings (SSSR count). The molecule has 0 bridgehead atoms. The van der Waals surface area contributed by atoms with Gasteiger partial charge >= 0.3 is 0 Å². The summed E-state index contributed by atoms with van der Waals surface area (Å²) >= 11 is 2.76. The van der Waals surface area contributed by atoms with E-state index in [0.717, 1.165) is 16.4 Å². The fourth-order valence-corrected chi connectivity index (χ4v) is 4.70. The van der Waals surface area contributed by atoms with Gasteiger partial charge in [0.1, 0.15) is 21.7 Å². The van der Waals surface area contributed by atoms with Gasteiger partial charge < -0.3 is 10.6 Å². The average Bonchev–Trinajstić information content (AvgIpc) is 3.19. The van der Waals surface area contributed by atoms with Crippen LogP contribution in [0.4, 0.5) is 9.39 Å². The van der Waals surface area contributed by atoms with Crippen LogP contribution < -0.4 is 16.6 Å². The van der Waals surface area contributed by atoms with Crippen LogP contribution in [0.1, 0.15) is 11.1 Å². The monoisotopic (exact) mass is 425 g/mol. The molecule has 2 heterocycles. The summed E-state index contributed by atoms with van der Waals surface area (Å²) in [7, 11) is 1.99. The number of rotatable bonds is 4. The highest BCUT2D eigenvalue weighted by atomic mass is 32.2. The first-order valence-electron chi connectivity index (χ1n) is 8.92. The lowest BCUT2D eigenvalue weighted by molar-refractivity contribution is 0.499. The lowest BCUT2D eigenvalue weighted by atomic mass is 10.2. The summed E-state index contributed by atoms with van der Waals surface area (Å²) in [5.41, 5.74) is 8.48. The number of nitrogens with zero attached hydrogens (tertiary/aromatic N) is 3. The summed E-state index contributed by atoms with van der Waals surface area (Å²) in [4.78, 5) is 7.55. The van der Waals surface area contributed by atoms with E-state index in [1.165, 1.54) is 45.8 Å². The second-order valence-electron chi connectivity index (χ2n) is 6.53. The molecule has 1 aliphatic rings. The van der Waals surface area contributed by atoms with Gasteiger partial charge in [-0.05, 0) is 35.2 Å². The van der Waals surface area contributed by atoms with Crippen molar-refractivity contribution in [3.63, 3.8) is 0 Å². The molecule has 3 aromatic rings. The molecule has 0 unspecified atom stereocenters. The SMILES string of the molecule is CN(Cc1ccccc1)C1=N/C(=C(/N)Sc2cccc(F)c2)N(N)c2sccc21. The number of amidine groups is 1. The van der Waals surface area contributed by atoms with Crippen LogP contribution in [-0.4, -0.2) is 17.8 Å². The molecule has 0 radical (unpaired) electrons. The summed E-state index contributed by atoms with van der Waals surface area (Å²) < 4.78 is 13.5. The first-order valence-corrected chi connectivity index (χ1v) is 10.6. The van der Waals surface area contributed by atoms with Crippen LogP contribution in [0.5, 0.6) is 0 Å². The predicted octanol–water partition coefficient (Wildman–Crippen LogP) is 4.34. The smallest absolute Gasteiger partial charge is 0.180 e. The molecule has 5 nitrogen and oxygen atoms in total. The summed E-state index contributed by atoms with van der Waals surface area (Å²) in [6.07, 6.45) is 0. The number of benzene rings is 2. The zero-order valence-corrected chi connectivity index (χ0v) is 17.4. The predicted molar refractivity (Wildman–Crippen MR) is 119 cm³/mol. The van der Waals surface area contributed by atoms with Crippen molar-refractivity contribution in [3.8, 4) is 0 Å². The van der Waals surface area contributed by atoms with Crippen molar-refractivity contribution in [2.45, 2.75) is 11.4 Å². The number of anilines is 1. The minimum atomic E-state index is -0.312. The number of hydrazine groups is 1. The van der Waals surface area contributed by atoms with E-state index in [0.29, 0.717) is 22.3 Å². The number of aliphatic imine (C=N–C) groups is 1. The molecule has 1 aromatic heterocycles. The quantitative estimate of drug-likeness (QED) is 0.481. The Balaban J connectivity index is 1.69. The molecule has 2 aromatic carbocycles. The van der Waals surface area contributed by atoms with E-state index >= 15 is 0 Å². The third-order valence-corrected chi connectivity index (χ3v) is 6.22. The minimum Gasteiger partial charge on any atom is -0.390 e. The van der Waals surface area contributed by atoms with Gasteiger partial charge in [-0.1, -0.05) is 48.2 Å². The van der Waals surface area contributed by atoms with Crippen LogP contribution >= 0.6 is 23.1 Å². The number of nitrogens with two attached hydrogens (primary N) is 2. The fraction of sp³-hybridized carbons (Fsp3) is 0.0952. The van der Waals surface area contributed by atoms with Gasteiger partial charge in [-0.2, -0.15) is 0 Å². The summed E-state index contributed by atoms with van der Waals surface area (Å²) in [6, 6.07) is 18.5. The summed E-state index contributed by atoms with van der Waals surface area (Å²) in [5.74, 6) is 7.26. The molecule has 0 amide bonds. The highest BCUT2D eigenvalue weighted by Crippen LogP contribution is 2.37. The Morgan fingerprint density at radius 2 is 1.97 bits per heavy atom. The highest BCUT2D eigenvalue weighted by molar-refractivity contribution is 8.03. The number of hydrogen-bond donors (Lipinski definition) is 2. The first kappa shape index (κ1) is 19.5. The van der Waals surface area contributed by atoms with Crippen molar-refractivity contribution >= 4 is 33.9 Å². The Morgan fingerprint density at radius 1 is 1.17 bits per heavy atom. The molecule has 0 saturated carbocycles. The van der Waals surface area contributed by atoms with E-state index in [1.807, 2.05) is 36.7 Å². The van der Waals surface area contributed by atoms with Crippen molar-refractivity contribution in [2.75, 3.05) is 12.1 Å². The Hall–Kier alpha value is -2.81. The molecule has 0 atom stereocenters. The van der Waals surface area contributed by atoms with E-state index in [9.17, 15) is 4.39 Å². The number of hydrogen-bond acceptors (Lipinski definition) is 7. The van der Waals surface area contributed by atoms with Gasteiger partial charge in [0.05, 0.1) is 5.56 Å². The minimum absolute atomic E-state index is 0.312. The molecule has 0 fully saturated rings. The van der Waals surface area contributed by atoms with Crippen molar-refractivity contribution in [1.29, 1.82) is 0 Å². The van der Waals surface area contributed by atoms with Crippen LogP contribution in [0.25, 0.3) is 0 Å². The fourth-order valence-electron chi connectivity index (χ4n) is 3.07. The maximum Gasteiger partial charge on any atom is 0.180 e. The Kier molecular flexibility index (Phi) is 5.57. The first-order chi connectivity index (χ1) is 14.0. The third kappa shape index (κ3) is 4.14. The average molecular weight is 426 g/mol. The number of halogens is 1. The van der Waals surface area contributed by atoms with Crippen LogP contribution in [0.2, 0.25) is 0 Å². The third-order valence-electron chi connectivity index (χ3n) is 4.41. The molecule has 148 valence electrons. The van der Waals surface area contributed by atoms with Crippen LogP contribution in [-0.2, 0) is 6.54 Å². The van der Waals surface area contributed by atoms with Gasteiger partial charge in [0, 0.05) is 18.5 Å². The van der Waals surface area contributed by atoms with Crippen LogP contribution in [0, 0.1) is 5.82 Å². The molecule has 1 aliphatic heterocycles. The zero-order chi connectivity index (χ0) is 20.4. The van der Waals surface area contributed by atoms with Gasteiger partial charge in [0.15, 0.2) is 5.82 Å². The standard InChI is InChI=1S/C21H20FN5S2/c1-26(13-14-6-3-2-4-7-14)19-17-10-11-28-21(17)27(24)20(25-19)18(23)29-16-9-5-8-15(22)12-16/h2-12H,13,23-24H2,1H3/b20-18+. The van der Waals surface area contributed by atoms with Gasteiger partial charge in [0.2, 0.25) is 0 Å². The number of thiophene rings is 1. The second-order valence-corrected chi connectivity index (χ2v) is 8.54. The van der Waals surface area contributed by atoms with Gasteiger partial charge in [0.25, 0.3) is 0 Å². The maximum absolute atomic E-state index is 13.5. The Bertz CT molecular complexity index is 1080. The lowest BCUT2D eigenvalue weighted by Crippen LogP contribution is -2.38. The van der Waals surface area contributed by atoms with Gasteiger partial charge in [-0.25, -0.2) is 20.2 Å². The van der Waals surface area contributed by atoms with Crippen molar-refractivity contribution < 1.29 is 4.39 Å². The highest BCUT2D eigenvalue weighted by Gasteiger charge is 2.27. The normalized spacial score (nSPS) is 15.0. The molecular weight excluding hydrogens is 405 g/mol.